The van der Waals surface area contributed by atoms with Gasteiger partial charge in [0.2, 0.25) is 5.91 Å². The van der Waals surface area contributed by atoms with Gasteiger partial charge in [0.25, 0.3) is 0 Å². The normalized spacial score (nSPS) is 14.3. The van der Waals surface area contributed by atoms with E-state index in [0.29, 0.717) is 28.8 Å². The molecule has 1 aliphatic rings. The highest BCUT2D eigenvalue weighted by Crippen LogP contribution is 2.25. The number of ether oxygens (including phenoxy) is 1. The number of hydrogen-bond donors (Lipinski definition) is 1. The van der Waals surface area contributed by atoms with E-state index in [1.807, 2.05) is 29.2 Å². The molecule has 2 aromatic rings. The molecule has 0 aliphatic carbocycles. The Balaban J connectivity index is 1.50. The lowest BCUT2D eigenvalue weighted by Crippen LogP contribution is -2.50. The summed E-state index contributed by atoms with van der Waals surface area (Å²) < 4.78 is 5.19. The summed E-state index contributed by atoms with van der Waals surface area (Å²) in [5.74, 6) is 0.903. The van der Waals surface area contributed by atoms with Crippen LogP contribution in [0.4, 0.5) is 11.4 Å². The Bertz CT molecular complexity index is 760. The van der Waals surface area contributed by atoms with Crippen molar-refractivity contribution in [3.63, 3.8) is 0 Å². The molecule has 26 heavy (non-hydrogen) atoms. The van der Waals surface area contributed by atoms with Gasteiger partial charge in [-0.05, 0) is 42.5 Å². The number of hydrogen-bond acceptors (Lipinski definition) is 4. The van der Waals surface area contributed by atoms with Gasteiger partial charge in [-0.3, -0.25) is 4.79 Å². The van der Waals surface area contributed by atoms with Crippen LogP contribution in [0.5, 0.6) is 5.75 Å². The Morgan fingerprint density at radius 2 is 1.77 bits per heavy atom. The lowest BCUT2D eigenvalue weighted by atomic mass is 10.2. The molecular weight excluding hydrogens is 373 g/mol. The first-order valence-electron chi connectivity index (χ1n) is 8.42. The number of carbonyl (C=O) groups is 1. The molecular formula is C19H21Cl2N3O2. The van der Waals surface area contributed by atoms with E-state index in [2.05, 4.69) is 10.2 Å². The number of nitrogens with zero attached hydrogens (tertiary/aromatic N) is 2. The van der Waals surface area contributed by atoms with Gasteiger partial charge in [-0.2, -0.15) is 0 Å². The van der Waals surface area contributed by atoms with Crippen LogP contribution in [0, 0.1) is 0 Å². The summed E-state index contributed by atoms with van der Waals surface area (Å²) in [4.78, 5) is 16.6. The molecule has 0 spiro atoms. The lowest BCUT2D eigenvalue weighted by Gasteiger charge is -2.36. The Hall–Kier alpha value is -2.11. The van der Waals surface area contributed by atoms with Gasteiger partial charge in [0.15, 0.2) is 0 Å². The average Bonchev–Trinajstić information content (AvgIpc) is 2.67. The minimum atomic E-state index is 0.0606. The lowest BCUT2D eigenvalue weighted by molar-refractivity contribution is -0.129. The number of amides is 1. The Morgan fingerprint density at radius 3 is 2.38 bits per heavy atom. The van der Waals surface area contributed by atoms with Crippen molar-refractivity contribution in [2.45, 2.75) is 0 Å². The van der Waals surface area contributed by atoms with E-state index in [9.17, 15) is 4.79 Å². The molecule has 1 aliphatic heterocycles. The Labute approximate surface area is 163 Å². The molecule has 1 saturated heterocycles. The van der Waals surface area contributed by atoms with E-state index < -0.39 is 0 Å². The zero-order valence-electron chi connectivity index (χ0n) is 14.5. The molecule has 7 heteroatoms. The fourth-order valence-electron chi connectivity index (χ4n) is 2.92. The summed E-state index contributed by atoms with van der Waals surface area (Å²) in [6, 6.07) is 13.2. The van der Waals surface area contributed by atoms with Crippen LogP contribution >= 0.6 is 23.2 Å². The first-order valence-corrected chi connectivity index (χ1v) is 9.18. The van der Waals surface area contributed by atoms with Crippen molar-refractivity contribution in [1.29, 1.82) is 0 Å². The third kappa shape index (κ3) is 4.54. The maximum absolute atomic E-state index is 12.4. The largest absolute Gasteiger partial charge is 0.497 e. The molecule has 1 heterocycles. The smallest absolute Gasteiger partial charge is 0.241 e. The summed E-state index contributed by atoms with van der Waals surface area (Å²) in [5.41, 5.74) is 1.85. The van der Waals surface area contributed by atoms with Crippen molar-refractivity contribution in [1.82, 2.24) is 4.90 Å². The molecule has 1 amide bonds. The number of anilines is 2. The Morgan fingerprint density at radius 1 is 1.08 bits per heavy atom. The zero-order valence-corrected chi connectivity index (χ0v) is 16.1. The van der Waals surface area contributed by atoms with E-state index in [1.165, 1.54) is 0 Å². The van der Waals surface area contributed by atoms with Gasteiger partial charge in [0, 0.05) is 36.9 Å². The summed E-state index contributed by atoms with van der Waals surface area (Å²) >= 11 is 12.0. The van der Waals surface area contributed by atoms with Crippen LogP contribution in [0.3, 0.4) is 0 Å². The van der Waals surface area contributed by atoms with Crippen molar-refractivity contribution < 1.29 is 9.53 Å². The van der Waals surface area contributed by atoms with E-state index in [1.54, 1.807) is 25.3 Å². The van der Waals surface area contributed by atoms with E-state index in [0.717, 1.165) is 24.5 Å². The van der Waals surface area contributed by atoms with Crippen LogP contribution in [0.2, 0.25) is 10.0 Å². The van der Waals surface area contributed by atoms with E-state index in [4.69, 9.17) is 27.9 Å². The number of carbonyl (C=O) groups excluding carboxylic acids is 1. The summed E-state index contributed by atoms with van der Waals surface area (Å²) in [7, 11) is 1.66. The van der Waals surface area contributed by atoms with Gasteiger partial charge >= 0.3 is 0 Å². The first kappa shape index (κ1) is 18.7. The number of methoxy groups -OCH3 is 1. The maximum atomic E-state index is 12.4. The topological polar surface area (TPSA) is 44.8 Å². The molecule has 0 aromatic heterocycles. The van der Waals surface area contributed by atoms with E-state index >= 15 is 0 Å². The van der Waals surface area contributed by atoms with Crippen molar-refractivity contribution in [2.75, 3.05) is 50.1 Å². The fraction of sp³-hybridized carbons (Fsp3) is 0.316. The second-order valence-corrected chi connectivity index (χ2v) is 6.89. The second kappa shape index (κ2) is 8.52. The number of rotatable bonds is 5. The van der Waals surface area contributed by atoms with Crippen molar-refractivity contribution >= 4 is 40.5 Å². The monoisotopic (exact) mass is 393 g/mol. The highest BCUT2D eigenvalue weighted by molar-refractivity contribution is 6.36. The standard InChI is InChI=1S/C19H21Cl2N3O2/c1-26-16-5-3-15(4-6-16)23-8-10-24(11-9-23)19(25)13-22-18-7-2-14(20)12-17(18)21/h2-7,12,22H,8-11,13H2,1H3. The van der Waals surface area contributed by atoms with Crippen LogP contribution in [-0.2, 0) is 4.79 Å². The van der Waals surface area contributed by atoms with Crippen molar-refractivity contribution in [2.24, 2.45) is 0 Å². The third-order valence-corrected chi connectivity index (χ3v) is 4.98. The van der Waals surface area contributed by atoms with Crippen LogP contribution in [0.25, 0.3) is 0 Å². The van der Waals surface area contributed by atoms with Gasteiger partial charge < -0.3 is 19.9 Å². The second-order valence-electron chi connectivity index (χ2n) is 6.04. The fourth-order valence-corrected chi connectivity index (χ4v) is 3.40. The first-order chi connectivity index (χ1) is 12.6. The number of nitrogens with one attached hydrogen (secondary N) is 1. The van der Waals surface area contributed by atoms with Crippen LogP contribution < -0.4 is 15.0 Å². The van der Waals surface area contributed by atoms with Gasteiger partial charge in [-0.25, -0.2) is 0 Å². The van der Waals surface area contributed by atoms with Crippen LogP contribution in [0.15, 0.2) is 42.5 Å². The summed E-state index contributed by atoms with van der Waals surface area (Å²) in [5, 5.41) is 4.16. The molecule has 0 atom stereocenters. The zero-order chi connectivity index (χ0) is 18.5. The van der Waals surface area contributed by atoms with Crippen LogP contribution in [0.1, 0.15) is 0 Å². The molecule has 0 saturated carbocycles. The predicted octanol–water partition coefficient (Wildman–Crippen LogP) is 3.76. The molecule has 0 bridgehead atoms. The Kier molecular flexibility index (Phi) is 6.12. The number of piperazine rings is 1. The minimum Gasteiger partial charge on any atom is -0.497 e. The van der Waals surface area contributed by atoms with Crippen molar-refractivity contribution in [3.05, 3.63) is 52.5 Å². The molecule has 0 unspecified atom stereocenters. The molecule has 0 radical (unpaired) electrons. The van der Waals surface area contributed by atoms with Gasteiger partial charge in [0.05, 0.1) is 24.4 Å². The molecule has 1 fully saturated rings. The number of benzene rings is 2. The summed E-state index contributed by atoms with van der Waals surface area (Å²) in [6.45, 7) is 3.21. The minimum absolute atomic E-state index is 0.0606. The van der Waals surface area contributed by atoms with Gasteiger partial charge in [0.1, 0.15) is 5.75 Å². The summed E-state index contributed by atoms with van der Waals surface area (Å²) in [6.07, 6.45) is 0. The third-order valence-electron chi connectivity index (χ3n) is 4.43. The van der Waals surface area contributed by atoms with Gasteiger partial charge in [-0.1, -0.05) is 23.2 Å². The molecule has 3 rings (SSSR count). The van der Waals surface area contributed by atoms with Crippen molar-refractivity contribution in [3.8, 4) is 5.75 Å². The maximum Gasteiger partial charge on any atom is 0.241 e. The molecule has 138 valence electrons. The highest BCUT2D eigenvalue weighted by Gasteiger charge is 2.21. The predicted molar refractivity (Wildman–Crippen MR) is 107 cm³/mol. The quantitative estimate of drug-likeness (QED) is 0.839. The van der Waals surface area contributed by atoms with Gasteiger partial charge in [-0.15, -0.1) is 0 Å². The molecule has 5 nitrogen and oxygen atoms in total. The van der Waals surface area contributed by atoms with Crippen LogP contribution in [-0.4, -0.2) is 50.6 Å². The van der Waals surface area contributed by atoms with E-state index in [-0.39, 0.29) is 12.5 Å². The highest BCUT2D eigenvalue weighted by atomic mass is 35.5. The molecule has 1 N–H and O–H groups in total. The SMILES string of the molecule is COc1ccc(N2CCN(C(=O)CNc3ccc(Cl)cc3Cl)CC2)cc1. The molecule has 2 aromatic carbocycles. The average molecular weight is 394 g/mol. The number of halogens is 2.